The molecule has 1 atom stereocenters. The van der Waals surface area contributed by atoms with E-state index in [1.165, 1.54) is 25.4 Å². The first-order chi connectivity index (χ1) is 34.9. The highest BCUT2D eigenvalue weighted by atomic mass is 19.1. The van der Waals surface area contributed by atoms with Crippen LogP contribution in [0.2, 0.25) is 0 Å². The Labute approximate surface area is 405 Å². The number of amides is 2. The van der Waals surface area contributed by atoms with Gasteiger partial charge >= 0.3 is 0 Å². The van der Waals surface area contributed by atoms with E-state index < -0.39 is 12.9 Å². The molecule has 6 aromatic rings. The molecule has 2 aliphatic heterocycles. The van der Waals surface area contributed by atoms with Crippen molar-refractivity contribution in [3.05, 3.63) is 103 Å². The Morgan fingerprint density at radius 1 is 0.812 bits per heavy atom. The second kappa shape index (κ2) is 23.5. The van der Waals surface area contributed by atoms with Crippen molar-refractivity contribution in [2.45, 2.75) is 57.4 Å². The van der Waals surface area contributed by atoms with Crippen LogP contribution in [0.3, 0.4) is 0 Å². The van der Waals surface area contributed by atoms with E-state index in [-0.39, 0.29) is 35.0 Å². The van der Waals surface area contributed by atoms with Gasteiger partial charge in [0.1, 0.15) is 35.9 Å². The molecule has 5 N–H and O–H groups in total. The molecule has 19 nitrogen and oxygen atoms in total. The number of hydrogen-bond donors (Lipinski definition) is 5. The molecule has 0 bridgehead atoms. The van der Waals surface area contributed by atoms with Crippen LogP contribution >= 0.6 is 0 Å². The smallest absolute Gasteiger partial charge is 0.273 e. The van der Waals surface area contributed by atoms with Crippen molar-refractivity contribution < 1.29 is 22.8 Å². The van der Waals surface area contributed by atoms with Crippen LogP contribution in [0.5, 0.6) is 5.75 Å². The molecule has 8 rings (SSSR count). The number of piperidine rings is 1. The predicted octanol–water partition coefficient (Wildman–Crippen LogP) is 6.43. The summed E-state index contributed by atoms with van der Waals surface area (Å²) >= 11 is 0. The van der Waals surface area contributed by atoms with E-state index in [1.54, 1.807) is 66.8 Å². The fourth-order valence-electron chi connectivity index (χ4n) is 8.63. The number of nitrogens with zero attached hydrogens (tertiary/aromatic N) is 11. The Morgan fingerprint density at radius 2 is 1.65 bits per heavy atom. The van der Waals surface area contributed by atoms with Crippen molar-refractivity contribution in [3.8, 4) is 17.1 Å². The Hall–Kier alpha value is -7.48. The van der Waals surface area contributed by atoms with Crippen LogP contribution in [-0.4, -0.2) is 129 Å². The van der Waals surface area contributed by atoms with E-state index in [2.05, 4.69) is 71.2 Å². The molecule has 0 saturated carbocycles. The van der Waals surface area contributed by atoms with Crippen LogP contribution in [0.15, 0.2) is 85.6 Å². The number of rotatable bonds is 21. The van der Waals surface area contributed by atoms with Gasteiger partial charge in [-0.3, -0.25) is 19.2 Å². The third-order valence-electron chi connectivity index (χ3n) is 12.2. The fraction of sp³-hybridized carbons (Fsp3) is 0.408. The van der Waals surface area contributed by atoms with Gasteiger partial charge < -0.3 is 41.1 Å². The summed E-state index contributed by atoms with van der Waals surface area (Å²) in [6.07, 6.45) is 13.2. The number of ether oxygens (including phenoxy) is 1. The van der Waals surface area contributed by atoms with Gasteiger partial charge in [-0.15, -0.1) is 10.2 Å². The molecule has 0 spiro atoms. The van der Waals surface area contributed by atoms with E-state index in [9.17, 15) is 14.0 Å². The van der Waals surface area contributed by atoms with Gasteiger partial charge in [0, 0.05) is 94.0 Å². The lowest BCUT2D eigenvalue weighted by atomic mass is 10.0. The molecule has 2 saturated heterocycles. The second-order valence-corrected chi connectivity index (χ2v) is 17.1. The highest BCUT2D eigenvalue weighted by Gasteiger charge is 2.23. The van der Waals surface area contributed by atoms with Crippen LogP contribution in [-0.2, 0) is 7.05 Å². The number of carbonyl (C=O) groups excluding carboxylic acids is 2. The molecule has 0 radical (unpaired) electrons. The zero-order valence-electron chi connectivity index (χ0n) is 42.0. The number of aromatic nitrogens is 8. The summed E-state index contributed by atoms with van der Waals surface area (Å²) < 4.78 is 43.7. The molecule has 362 valence electrons. The summed E-state index contributed by atoms with van der Waals surface area (Å²) in [4.78, 5) is 50.9. The number of pyridine rings is 1. The maximum absolute atomic E-state index is 13.9. The van der Waals surface area contributed by atoms with Crippen LogP contribution in [0.25, 0.3) is 11.4 Å². The minimum Gasteiger partial charge on any atom is -0.494 e. The molecular weight excluding hydrogens is 880 g/mol. The lowest BCUT2D eigenvalue weighted by Crippen LogP contribution is -2.47. The summed E-state index contributed by atoms with van der Waals surface area (Å²) in [5.74, 6) is 1.67. The molecular formula is C49H61FN16O3. The zero-order valence-corrected chi connectivity index (χ0v) is 39.0. The zero-order chi connectivity index (χ0) is 50.5. The summed E-state index contributed by atoms with van der Waals surface area (Å²) in [6, 6.07) is 19.1. The second-order valence-electron chi connectivity index (χ2n) is 17.1. The van der Waals surface area contributed by atoms with E-state index in [1.807, 2.05) is 17.4 Å². The van der Waals surface area contributed by atoms with Gasteiger partial charge in [-0.1, -0.05) is 37.8 Å². The summed E-state index contributed by atoms with van der Waals surface area (Å²) in [7, 11) is 3.23. The Morgan fingerprint density at radius 3 is 2.43 bits per heavy atom. The highest BCUT2D eigenvalue weighted by molar-refractivity contribution is 5.99. The summed E-state index contributed by atoms with van der Waals surface area (Å²) in [5.41, 5.74) is 2.15. The number of methoxy groups -OCH3 is 1. The van der Waals surface area contributed by atoms with Crippen molar-refractivity contribution in [1.82, 2.24) is 55.4 Å². The van der Waals surface area contributed by atoms with Gasteiger partial charge in [0.2, 0.25) is 0 Å². The van der Waals surface area contributed by atoms with Crippen LogP contribution in [0, 0.1) is 5.82 Å². The Balaban J connectivity index is 0.725. The van der Waals surface area contributed by atoms with E-state index in [0.29, 0.717) is 40.8 Å². The summed E-state index contributed by atoms with van der Waals surface area (Å²) in [5, 5.41) is 27.2. The average molecular weight is 944 g/mol. The van der Waals surface area contributed by atoms with Crippen molar-refractivity contribution in [1.29, 1.82) is 0 Å². The van der Waals surface area contributed by atoms with E-state index >= 15 is 0 Å². The molecule has 2 amide bonds. The largest absolute Gasteiger partial charge is 0.494 e. The molecule has 2 fully saturated rings. The van der Waals surface area contributed by atoms with E-state index in [4.69, 9.17) is 8.85 Å². The van der Waals surface area contributed by atoms with Gasteiger partial charge in [-0.25, -0.2) is 24.3 Å². The molecule has 2 aliphatic rings. The molecule has 20 heteroatoms. The number of carbonyl (C=O) groups is 2. The minimum absolute atomic E-state index is 0.122. The number of piperazine rings is 1. The Bertz CT molecular complexity index is 2760. The summed E-state index contributed by atoms with van der Waals surface area (Å²) in [6.45, 7) is 4.39. The third-order valence-corrected chi connectivity index (χ3v) is 12.2. The number of nitrogens with one attached hydrogen (secondary N) is 5. The Kier molecular flexibility index (Phi) is 15.0. The van der Waals surface area contributed by atoms with Gasteiger partial charge in [0.15, 0.2) is 23.1 Å². The van der Waals surface area contributed by atoms with E-state index in [0.717, 1.165) is 115 Å². The van der Waals surface area contributed by atoms with Gasteiger partial charge in [-0.05, 0) is 74.7 Å². The molecule has 69 heavy (non-hydrogen) atoms. The normalized spacial score (nSPS) is 15.9. The predicted molar refractivity (Wildman–Crippen MR) is 265 cm³/mol. The lowest BCUT2D eigenvalue weighted by Gasteiger charge is -2.36. The number of aryl methyl sites for hydroxylation is 1. The molecule has 0 unspecified atom stereocenters. The number of anilines is 7. The van der Waals surface area contributed by atoms with Crippen LogP contribution in [0.4, 0.5) is 44.7 Å². The topological polar surface area (TPSA) is 208 Å². The van der Waals surface area contributed by atoms with Gasteiger partial charge in [0.25, 0.3) is 11.8 Å². The number of para-hydroxylation sites is 1. The average Bonchev–Trinajstić information content (AvgIpc) is 3.81. The first-order valence-corrected chi connectivity index (χ1v) is 23.5. The first-order valence-electron chi connectivity index (χ1n) is 25.0. The van der Waals surface area contributed by atoms with Crippen molar-refractivity contribution in [2.75, 3.05) is 92.2 Å². The quantitative estimate of drug-likeness (QED) is 0.0493. The minimum atomic E-state index is -2.77. The maximum atomic E-state index is 13.9. The molecule has 6 heterocycles. The fourth-order valence-corrected chi connectivity index (χ4v) is 8.63. The van der Waals surface area contributed by atoms with Crippen molar-refractivity contribution in [3.63, 3.8) is 0 Å². The van der Waals surface area contributed by atoms with Crippen molar-refractivity contribution >= 4 is 52.1 Å². The monoisotopic (exact) mass is 944 g/mol. The van der Waals surface area contributed by atoms with Crippen LogP contribution in [0.1, 0.15) is 76.3 Å². The molecule has 4 aromatic heterocycles. The molecule has 2 aromatic carbocycles. The highest BCUT2D eigenvalue weighted by Crippen LogP contribution is 2.37. The number of unbranched alkanes of at least 4 members (excludes halogenated alkanes) is 5. The van der Waals surface area contributed by atoms with Gasteiger partial charge in [-0.2, -0.15) is 5.10 Å². The molecule has 0 aliphatic carbocycles. The van der Waals surface area contributed by atoms with Crippen LogP contribution < -0.4 is 41.1 Å². The SMILES string of the molecule is [2H]C([2H])([2H])NC(=O)c1nnc(Nc2ccc(C(=O)NCCCCCCCCN3CCN(c4cc(N[C@@H]5CCCN(c6cccc(F)c6)C5)ncn4)CC3)cn2)cc1Nc1cccc(-c2ncn(C)n2)c1OC. The number of halogens is 1. The standard InChI is InChI=1S/C49H61FN16O3/c1-51-49(68)45-40(58-39-17-11-16-38(46(39)69-3)47-56-33-63(2)62-47)28-43(60-61-45)59-41-19-18-34(30-53-41)48(67)52-20-8-6-4-5-7-9-21-64-23-25-65(26-24-64)44-29-42(54-32-55-44)57-36-14-12-22-66(31-36)37-15-10-13-35(50)27-37/h10-11,13,15-19,27-30,32-33,36H,4-9,12,14,20-26,31H2,1-3H3,(H,51,68)(H,52,67)(H,54,55,57)(H2,53,58,59,60)/t36-/m1/s1/i1D3. The van der Waals surface area contributed by atoms with Crippen molar-refractivity contribution in [2.24, 2.45) is 7.05 Å². The lowest BCUT2D eigenvalue weighted by molar-refractivity contribution is 0.0946. The first kappa shape index (κ1) is 44.1. The maximum Gasteiger partial charge on any atom is 0.273 e. The number of hydrogen-bond acceptors (Lipinski definition) is 16. The van der Waals surface area contributed by atoms with Gasteiger partial charge in [0.05, 0.1) is 29.6 Å². The third kappa shape index (κ3) is 12.9. The number of benzene rings is 2.